The van der Waals surface area contributed by atoms with Crippen LogP contribution in [-0.2, 0) is 4.84 Å². The number of nitrogens with one attached hydrogen (secondary N) is 1. The van der Waals surface area contributed by atoms with E-state index in [0.29, 0.717) is 10.7 Å². The molecule has 0 bridgehead atoms. The first kappa shape index (κ1) is 14.3. The summed E-state index contributed by atoms with van der Waals surface area (Å²) in [4.78, 5) is 19.4. The van der Waals surface area contributed by atoms with Crippen molar-refractivity contribution in [3.63, 3.8) is 0 Å². The lowest BCUT2D eigenvalue weighted by molar-refractivity contribution is -0.380. The Labute approximate surface area is 125 Å². The van der Waals surface area contributed by atoms with Crippen molar-refractivity contribution in [2.24, 2.45) is 10.9 Å². The van der Waals surface area contributed by atoms with Gasteiger partial charge in [0, 0.05) is 12.1 Å². The van der Waals surface area contributed by atoms with E-state index < -0.39 is 5.97 Å². The van der Waals surface area contributed by atoms with Gasteiger partial charge in [-0.2, -0.15) is 0 Å². The van der Waals surface area contributed by atoms with Gasteiger partial charge in [-0.05, 0) is 24.3 Å². The zero-order valence-corrected chi connectivity index (χ0v) is 11.7. The molecule has 2 rings (SSSR count). The summed E-state index contributed by atoms with van der Waals surface area (Å²) in [6, 6.07) is 9.64. The summed E-state index contributed by atoms with van der Waals surface area (Å²) in [7, 11) is 0. The number of rotatable bonds is 3. The molecule has 0 spiro atoms. The molecule has 0 saturated heterocycles. The number of oxime groups is 1. The summed E-state index contributed by atoms with van der Waals surface area (Å²) in [5.41, 5.74) is 6.44. The normalized spacial score (nSPS) is 11.2. The number of amidine groups is 1. The van der Waals surface area contributed by atoms with E-state index in [2.05, 4.69) is 10.1 Å². The molecule has 7 heteroatoms. The van der Waals surface area contributed by atoms with Gasteiger partial charge < -0.3 is 10.6 Å². The molecule has 0 radical (unpaired) electrons. The smallest absolute Gasteiger partial charge is 0.365 e. The molecule has 0 aliphatic carbocycles. The Kier molecular flexibility index (Phi) is 4.55. The van der Waals surface area contributed by atoms with Gasteiger partial charge in [-0.3, -0.25) is 0 Å². The third-order valence-electron chi connectivity index (χ3n) is 2.37. The fourth-order valence-electron chi connectivity index (χ4n) is 1.37. The van der Waals surface area contributed by atoms with E-state index in [4.69, 9.17) is 33.8 Å². The van der Waals surface area contributed by atoms with Crippen LogP contribution in [0, 0.1) is 0 Å². The Hall–Kier alpha value is -2.11. The third-order valence-corrected chi connectivity index (χ3v) is 3.11. The molecule has 5 nitrogen and oxygen atoms in total. The highest BCUT2D eigenvalue weighted by Gasteiger charge is 2.11. The standard InChI is InChI=1S/C13H9Cl2N3O2/c14-9-5-4-8(7-10(9)15)13(19)20-18-12(16)11-3-1-2-6-17-11/h1-7H,(H2,16,18)/p+1. The minimum atomic E-state index is -0.678. The number of hydrogen-bond acceptors (Lipinski definition) is 3. The van der Waals surface area contributed by atoms with Crippen molar-refractivity contribution in [3.8, 4) is 0 Å². The largest absolute Gasteiger partial charge is 0.375 e. The molecule has 0 saturated carbocycles. The van der Waals surface area contributed by atoms with Gasteiger partial charge >= 0.3 is 5.97 Å². The molecule has 0 amide bonds. The lowest BCUT2D eigenvalue weighted by Gasteiger charge is -2.00. The fraction of sp³-hybridized carbons (Fsp3) is 0. The van der Waals surface area contributed by atoms with Crippen molar-refractivity contribution in [3.05, 3.63) is 63.9 Å². The molecule has 102 valence electrons. The molecule has 0 fully saturated rings. The molecule has 1 aromatic heterocycles. The van der Waals surface area contributed by atoms with Gasteiger partial charge in [0.05, 0.1) is 15.6 Å². The summed E-state index contributed by atoms with van der Waals surface area (Å²) in [5, 5.41) is 4.17. The number of nitrogens with two attached hydrogens (primary N) is 1. The highest BCUT2D eigenvalue weighted by atomic mass is 35.5. The molecule has 0 unspecified atom stereocenters. The zero-order valence-electron chi connectivity index (χ0n) is 10.1. The number of benzene rings is 1. The van der Waals surface area contributed by atoms with Gasteiger partial charge in [0.25, 0.3) is 0 Å². The van der Waals surface area contributed by atoms with Crippen molar-refractivity contribution in [2.75, 3.05) is 0 Å². The molecule has 0 aliphatic rings. The second-order valence-corrected chi connectivity index (χ2v) is 4.57. The quantitative estimate of drug-likeness (QED) is 0.409. The second kappa shape index (κ2) is 6.36. The van der Waals surface area contributed by atoms with Gasteiger partial charge in [-0.1, -0.05) is 28.4 Å². The summed E-state index contributed by atoms with van der Waals surface area (Å²) >= 11 is 11.6. The van der Waals surface area contributed by atoms with Crippen molar-refractivity contribution < 1.29 is 14.6 Å². The van der Waals surface area contributed by atoms with E-state index in [1.807, 2.05) is 0 Å². The van der Waals surface area contributed by atoms with Gasteiger partial charge in [0.15, 0.2) is 6.20 Å². The van der Waals surface area contributed by atoms with E-state index in [0.717, 1.165) is 0 Å². The Morgan fingerprint density at radius 2 is 2.00 bits per heavy atom. The van der Waals surface area contributed by atoms with Crippen LogP contribution in [0.5, 0.6) is 0 Å². The number of H-pyrrole nitrogens is 1. The highest BCUT2D eigenvalue weighted by molar-refractivity contribution is 6.42. The summed E-state index contributed by atoms with van der Waals surface area (Å²) in [5.74, 6) is -0.624. The van der Waals surface area contributed by atoms with Gasteiger partial charge in [0.1, 0.15) is 0 Å². The number of carbonyl (C=O) groups excluding carboxylic acids is 1. The van der Waals surface area contributed by atoms with Crippen LogP contribution in [0.3, 0.4) is 0 Å². The predicted molar refractivity (Wildman–Crippen MR) is 75.6 cm³/mol. The van der Waals surface area contributed by atoms with Crippen LogP contribution in [0.15, 0.2) is 47.8 Å². The number of hydrogen-bond donors (Lipinski definition) is 1. The highest BCUT2D eigenvalue weighted by Crippen LogP contribution is 2.22. The van der Waals surface area contributed by atoms with Crippen LogP contribution in [0.4, 0.5) is 0 Å². The van der Waals surface area contributed by atoms with E-state index in [1.165, 1.54) is 18.2 Å². The number of carbonyl (C=O) groups is 1. The minimum absolute atomic E-state index is 0.0546. The van der Waals surface area contributed by atoms with Crippen LogP contribution in [-0.4, -0.2) is 11.8 Å². The lowest BCUT2D eigenvalue weighted by Crippen LogP contribution is -2.24. The first-order valence-corrected chi connectivity index (χ1v) is 6.30. The van der Waals surface area contributed by atoms with Crippen LogP contribution in [0.25, 0.3) is 0 Å². The Morgan fingerprint density at radius 3 is 2.65 bits per heavy atom. The molecular formula is C13H10Cl2N3O2+. The molecule has 0 aliphatic heterocycles. The summed E-state index contributed by atoms with van der Waals surface area (Å²) in [6.07, 6.45) is 1.68. The average molecular weight is 311 g/mol. The first-order chi connectivity index (χ1) is 9.58. The minimum Gasteiger partial charge on any atom is -0.375 e. The number of aromatic nitrogens is 1. The molecule has 0 atom stereocenters. The van der Waals surface area contributed by atoms with Crippen molar-refractivity contribution in [1.82, 2.24) is 0 Å². The summed E-state index contributed by atoms with van der Waals surface area (Å²) < 4.78 is 0. The van der Waals surface area contributed by atoms with Crippen LogP contribution in [0.1, 0.15) is 16.1 Å². The summed E-state index contributed by atoms with van der Waals surface area (Å²) in [6.45, 7) is 0. The molecule has 1 heterocycles. The van der Waals surface area contributed by atoms with E-state index in [-0.39, 0.29) is 16.4 Å². The average Bonchev–Trinajstić information content (AvgIpc) is 2.48. The monoisotopic (exact) mass is 310 g/mol. The number of halogens is 2. The van der Waals surface area contributed by atoms with Crippen molar-refractivity contribution in [1.29, 1.82) is 0 Å². The topological polar surface area (TPSA) is 78.8 Å². The number of pyridine rings is 1. The predicted octanol–water partition coefficient (Wildman–Crippen LogP) is 2.28. The SMILES string of the molecule is NC(=NOC(=O)c1ccc(Cl)c(Cl)c1)c1cccc[nH+]1. The van der Waals surface area contributed by atoms with Crippen LogP contribution < -0.4 is 10.7 Å². The second-order valence-electron chi connectivity index (χ2n) is 3.76. The first-order valence-electron chi connectivity index (χ1n) is 5.55. The number of nitrogens with zero attached hydrogens (tertiary/aromatic N) is 1. The Morgan fingerprint density at radius 1 is 1.20 bits per heavy atom. The maximum absolute atomic E-state index is 11.7. The van der Waals surface area contributed by atoms with Crippen molar-refractivity contribution in [2.45, 2.75) is 0 Å². The van der Waals surface area contributed by atoms with Gasteiger partial charge in [-0.15, -0.1) is 0 Å². The Balaban J connectivity index is 2.10. The van der Waals surface area contributed by atoms with E-state index in [1.54, 1.807) is 24.4 Å². The third kappa shape index (κ3) is 3.46. The lowest BCUT2D eigenvalue weighted by atomic mass is 10.2. The number of aromatic amines is 1. The van der Waals surface area contributed by atoms with E-state index in [9.17, 15) is 4.79 Å². The Bertz CT molecular complexity index is 660. The molecule has 20 heavy (non-hydrogen) atoms. The maximum atomic E-state index is 11.7. The molecule has 3 N–H and O–H groups in total. The zero-order chi connectivity index (χ0) is 14.5. The molecule has 2 aromatic rings. The van der Waals surface area contributed by atoms with Gasteiger partial charge in [-0.25, -0.2) is 9.78 Å². The van der Waals surface area contributed by atoms with E-state index >= 15 is 0 Å². The van der Waals surface area contributed by atoms with Crippen LogP contribution in [0.2, 0.25) is 10.0 Å². The molecular weight excluding hydrogens is 301 g/mol. The molecule has 1 aromatic carbocycles. The van der Waals surface area contributed by atoms with Crippen molar-refractivity contribution >= 4 is 35.0 Å². The van der Waals surface area contributed by atoms with Crippen LogP contribution >= 0.6 is 23.2 Å². The fourth-order valence-corrected chi connectivity index (χ4v) is 1.67. The maximum Gasteiger partial charge on any atom is 0.365 e. The van der Waals surface area contributed by atoms with Gasteiger partial charge in [0.2, 0.25) is 11.5 Å².